The average molecular weight is 598 g/mol. The predicted octanol–water partition coefficient (Wildman–Crippen LogP) is 6.76. The van der Waals surface area contributed by atoms with Crippen LogP contribution in [-0.2, 0) is 10.2 Å². The van der Waals surface area contributed by atoms with Crippen molar-refractivity contribution in [3.8, 4) is 6.07 Å². The van der Waals surface area contributed by atoms with Gasteiger partial charge in [-0.25, -0.2) is 4.79 Å². The average Bonchev–Trinajstić information content (AvgIpc) is 3.03. The molecule has 2 atom stereocenters. The lowest BCUT2D eigenvalue weighted by molar-refractivity contribution is 0.0578. The van der Waals surface area contributed by atoms with Gasteiger partial charge in [0, 0.05) is 66.9 Å². The van der Waals surface area contributed by atoms with Gasteiger partial charge in [-0.3, -0.25) is 4.98 Å². The number of nitrogens with one attached hydrogen (secondary N) is 1. The van der Waals surface area contributed by atoms with Crippen LogP contribution >= 0.6 is 11.8 Å². The number of nitriles is 1. The molecule has 2 fully saturated rings. The molecule has 2 aromatic carbocycles. The fraction of sp³-hybridized carbons (Fsp3) is 0.457. The van der Waals surface area contributed by atoms with Crippen molar-refractivity contribution in [2.75, 3.05) is 44.7 Å². The van der Waals surface area contributed by atoms with Crippen LogP contribution in [0, 0.1) is 23.2 Å². The number of hydrogen-bond donors (Lipinski definition) is 1. The summed E-state index contributed by atoms with van der Waals surface area (Å²) in [7, 11) is 1.58. The monoisotopic (exact) mass is 597 g/mol. The minimum atomic E-state index is -0.684. The summed E-state index contributed by atoms with van der Waals surface area (Å²) in [5, 5.41) is 13.3. The van der Waals surface area contributed by atoms with Crippen LogP contribution in [0.2, 0.25) is 0 Å². The Morgan fingerprint density at radius 3 is 2.37 bits per heavy atom. The molecule has 1 aromatic heterocycles. The lowest BCUT2D eigenvalue weighted by atomic mass is 9.64. The Morgan fingerprint density at radius 1 is 1.07 bits per heavy atom. The Bertz CT molecular complexity index is 1340. The van der Waals surface area contributed by atoms with Crippen LogP contribution in [-0.4, -0.2) is 61.9 Å². The molecule has 2 aliphatic heterocycles. The summed E-state index contributed by atoms with van der Waals surface area (Å²) in [6.45, 7) is 7.34. The van der Waals surface area contributed by atoms with E-state index in [0.717, 1.165) is 64.0 Å². The van der Waals surface area contributed by atoms with Crippen molar-refractivity contribution < 1.29 is 9.53 Å². The van der Waals surface area contributed by atoms with Gasteiger partial charge in [0.25, 0.3) is 0 Å². The van der Waals surface area contributed by atoms with Crippen LogP contribution in [0.5, 0.6) is 0 Å². The van der Waals surface area contributed by atoms with Gasteiger partial charge in [-0.15, -0.1) is 0 Å². The van der Waals surface area contributed by atoms with Crippen molar-refractivity contribution in [3.05, 3.63) is 84.7 Å². The van der Waals surface area contributed by atoms with E-state index >= 15 is 0 Å². The van der Waals surface area contributed by atoms with Gasteiger partial charge in [0.2, 0.25) is 0 Å². The number of pyridine rings is 1. The van der Waals surface area contributed by atoms with Gasteiger partial charge in [-0.1, -0.05) is 55.4 Å². The Hall–Kier alpha value is -3.54. The van der Waals surface area contributed by atoms with Crippen LogP contribution in [0.25, 0.3) is 0 Å². The maximum Gasteiger partial charge on any atom is 0.407 e. The number of nitrogens with zero attached hydrogens (tertiary/aromatic N) is 4. The number of anilines is 1. The Morgan fingerprint density at radius 2 is 1.74 bits per heavy atom. The lowest BCUT2D eigenvalue weighted by Crippen LogP contribution is -2.53. The number of aromatic nitrogens is 1. The van der Waals surface area contributed by atoms with Crippen LogP contribution in [0.1, 0.15) is 44.6 Å². The Balaban J connectivity index is 1.15. The van der Waals surface area contributed by atoms with E-state index in [4.69, 9.17) is 4.74 Å². The lowest BCUT2D eigenvalue weighted by Gasteiger charge is -2.46. The van der Waals surface area contributed by atoms with Crippen LogP contribution < -0.4 is 10.2 Å². The van der Waals surface area contributed by atoms with Crippen LogP contribution in [0.15, 0.2) is 88.9 Å². The molecule has 8 heteroatoms. The molecule has 2 aliphatic rings. The van der Waals surface area contributed by atoms with E-state index in [-0.39, 0.29) is 12.0 Å². The first-order valence-electron chi connectivity index (χ1n) is 15.5. The number of amides is 1. The van der Waals surface area contributed by atoms with Gasteiger partial charge in [-0.2, -0.15) is 5.26 Å². The molecule has 0 saturated carbocycles. The smallest absolute Gasteiger partial charge is 0.407 e. The highest BCUT2D eigenvalue weighted by atomic mass is 32.2. The molecular weight excluding hydrogens is 554 g/mol. The fourth-order valence-corrected chi connectivity index (χ4v) is 7.49. The molecule has 0 radical (unpaired) electrons. The van der Waals surface area contributed by atoms with E-state index in [9.17, 15) is 10.1 Å². The summed E-state index contributed by atoms with van der Waals surface area (Å²) in [5.74, 6) is 0.873. The van der Waals surface area contributed by atoms with E-state index in [1.807, 2.05) is 42.7 Å². The Kier molecular flexibility index (Phi) is 10.6. The highest BCUT2D eigenvalue weighted by molar-refractivity contribution is 7.99. The normalized spacial score (nSPS) is 18.2. The number of alkyl carbamates (subject to hydrolysis) is 1. The number of hydrogen-bond acceptors (Lipinski definition) is 7. The zero-order valence-corrected chi connectivity index (χ0v) is 26.1. The first-order chi connectivity index (χ1) is 21.0. The summed E-state index contributed by atoms with van der Waals surface area (Å²) in [6.07, 6.45) is 7.03. The number of carbonyl (C=O) groups excluding carboxylic acids is 1. The minimum absolute atomic E-state index is 0.213. The number of rotatable bonds is 12. The fourth-order valence-electron chi connectivity index (χ4n) is 6.69. The highest BCUT2D eigenvalue weighted by Crippen LogP contribution is 2.43. The molecule has 0 aliphatic carbocycles. The number of piperidine rings is 1. The number of likely N-dealkylation sites (tertiary alicyclic amines) is 1. The highest BCUT2D eigenvalue weighted by Gasteiger charge is 2.45. The van der Waals surface area contributed by atoms with E-state index in [1.54, 1.807) is 18.8 Å². The number of benzene rings is 2. The molecule has 1 N–H and O–H groups in total. The van der Waals surface area contributed by atoms with Crippen LogP contribution in [0.3, 0.4) is 0 Å². The first-order valence-corrected chi connectivity index (χ1v) is 16.3. The summed E-state index contributed by atoms with van der Waals surface area (Å²) < 4.78 is 5.77. The first kappa shape index (κ1) is 30.9. The largest absolute Gasteiger partial charge is 0.446 e. The molecule has 7 nitrogen and oxygen atoms in total. The van der Waals surface area contributed by atoms with Crippen molar-refractivity contribution in [1.82, 2.24) is 15.2 Å². The minimum Gasteiger partial charge on any atom is -0.446 e. The quantitative estimate of drug-likeness (QED) is 0.247. The number of carbonyl (C=O) groups is 1. The second-order valence-electron chi connectivity index (χ2n) is 11.8. The van der Waals surface area contributed by atoms with Gasteiger partial charge in [0.05, 0.1) is 11.5 Å². The third-order valence-electron chi connectivity index (χ3n) is 8.97. The molecule has 1 amide bonds. The van der Waals surface area contributed by atoms with Crippen molar-refractivity contribution >= 4 is 23.5 Å². The topological polar surface area (TPSA) is 81.5 Å². The zero-order valence-electron chi connectivity index (χ0n) is 25.3. The summed E-state index contributed by atoms with van der Waals surface area (Å²) in [4.78, 5) is 23.7. The molecule has 2 unspecified atom stereocenters. The molecule has 3 heterocycles. The van der Waals surface area contributed by atoms with Gasteiger partial charge < -0.3 is 19.9 Å². The van der Waals surface area contributed by atoms with Gasteiger partial charge in [0.15, 0.2) is 0 Å². The van der Waals surface area contributed by atoms with Crippen molar-refractivity contribution in [3.63, 3.8) is 0 Å². The second-order valence-corrected chi connectivity index (χ2v) is 13.0. The maximum atomic E-state index is 12.1. The van der Waals surface area contributed by atoms with Gasteiger partial charge in [0.1, 0.15) is 6.10 Å². The van der Waals surface area contributed by atoms with Crippen molar-refractivity contribution in [2.45, 2.75) is 60.3 Å². The third kappa shape index (κ3) is 7.70. The van der Waals surface area contributed by atoms with E-state index < -0.39 is 11.5 Å². The maximum absolute atomic E-state index is 12.1. The summed E-state index contributed by atoms with van der Waals surface area (Å²) in [5.41, 5.74) is 1.64. The van der Waals surface area contributed by atoms with E-state index in [0.29, 0.717) is 12.3 Å². The molecule has 226 valence electrons. The molecule has 0 spiro atoms. The predicted molar refractivity (Wildman–Crippen MR) is 172 cm³/mol. The van der Waals surface area contributed by atoms with Gasteiger partial charge >= 0.3 is 6.09 Å². The molecule has 3 aromatic rings. The Labute approximate surface area is 260 Å². The van der Waals surface area contributed by atoms with E-state index in [1.165, 1.54) is 15.5 Å². The summed E-state index contributed by atoms with van der Waals surface area (Å²) >= 11 is 1.76. The SMILES string of the molecule is CCCC(CC(C#N)(c1ccccc1)C1CCN(CC2CN(c3ccc(Sc4ccncc4)cc3)C2)CC1)OC(=O)NC. The third-order valence-corrected chi connectivity index (χ3v) is 9.99. The summed E-state index contributed by atoms with van der Waals surface area (Å²) in [6, 6.07) is 25.9. The van der Waals surface area contributed by atoms with Crippen molar-refractivity contribution in [1.29, 1.82) is 5.26 Å². The van der Waals surface area contributed by atoms with Crippen LogP contribution in [0.4, 0.5) is 10.5 Å². The van der Waals surface area contributed by atoms with Crippen molar-refractivity contribution in [2.24, 2.45) is 11.8 Å². The number of ether oxygens (including phenoxy) is 1. The molecule has 43 heavy (non-hydrogen) atoms. The van der Waals surface area contributed by atoms with Gasteiger partial charge in [-0.05, 0) is 80.2 Å². The standard InChI is InChI=1S/C35H43N5O2S/c1-3-7-31(42-34(41)37-2)22-35(26-36,28-8-5-4-6-9-28)29-16-20-39(21-17-29)23-27-24-40(25-27)30-10-12-32(13-11-30)43-33-14-18-38-19-15-33/h4-6,8-15,18-19,27,29,31H,3,7,16-17,20-25H2,1-2H3,(H,37,41). The molecule has 2 saturated heterocycles. The molecular formula is C35H43N5O2S. The zero-order chi connectivity index (χ0) is 30.1. The second kappa shape index (κ2) is 14.8. The molecule has 0 bridgehead atoms. The van der Waals surface area contributed by atoms with E-state index in [2.05, 4.69) is 69.5 Å². The molecule has 5 rings (SSSR count).